The second-order valence-electron chi connectivity index (χ2n) is 8.32. The van der Waals surface area contributed by atoms with Crippen molar-refractivity contribution in [2.75, 3.05) is 25.5 Å². The zero-order valence-corrected chi connectivity index (χ0v) is 20.9. The number of fused-ring (bicyclic) bond motifs is 1. The number of carbonyl (C=O) groups is 2. The maximum Gasteiger partial charge on any atom is 0.227 e. The number of aromatic nitrogens is 1. The fourth-order valence-electron chi connectivity index (χ4n) is 4.23. The van der Waals surface area contributed by atoms with Crippen LogP contribution in [0, 0.1) is 0 Å². The fraction of sp³-hybridized carbons (Fsp3) is 0.333. The molecule has 0 aliphatic carbocycles. The van der Waals surface area contributed by atoms with E-state index in [-0.39, 0.29) is 11.8 Å². The summed E-state index contributed by atoms with van der Waals surface area (Å²) >= 11 is 1.54. The van der Waals surface area contributed by atoms with Crippen molar-refractivity contribution in [3.05, 3.63) is 75.9 Å². The molecular weight excluding hydrogens is 460 g/mol. The van der Waals surface area contributed by atoms with Crippen LogP contribution in [-0.2, 0) is 35.4 Å². The van der Waals surface area contributed by atoms with E-state index in [1.165, 1.54) is 16.9 Å². The van der Waals surface area contributed by atoms with Crippen molar-refractivity contribution in [3.8, 4) is 5.75 Å². The fourth-order valence-corrected chi connectivity index (χ4v) is 5.48. The van der Waals surface area contributed by atoms with Gasteiger partial charge in [-0.2, -0.15) is 0 Å². The molecule has 182 valence electrons. The van der Waals surface area contributed by atoms with Crippen molar-refractivity contribution >= 4 is 34.4 Å². The van der Waals surface area contributed by atoms with Gasteiger partial charge in [0.25, 0.3) is 0 Å². The lowest BCUT2D eigenvalue weighted by molar-refractivity contribution is -0.131. The third-order valence-corrected chi connectivity index (χ3v) is 7.11. The molecule has 1 aromatic carbocycles. The summed E-state index contributed by atoms with van der Waals surface area (Å²) in [5, 5.41) is 3.89. The number of aliphatic imine (C=N–C) groups is 1. The zero-order valence-electron chi connectivity index (χ0n) is 20.1. The van der Waals surface area contributed by atoms with Gasteiger partial charge in [0.05, 0.1) is 19.6 Å². The largest absolute Gasteiger partial charge is 0.494 e. The van der Waals surface area contributed by atoms with Crippen molar-refractivity contribution in [1.82, 2.24) is 9.88 Å². The molecule has 35 heavy (non-hydrogen) atoms. The number of hydrogen-bond donors (Lipinski definition) is 1. The molecule has 3 heterocycles. The number of benzene rings is 1. The van der Waals surface area contributed by atoms with Crippen molar-refractivity contribution < 1.29 is 14.3 Å². The average Bonchev–Trinajstić information content (AvgIpc) is 3.20. The molecule has 3 aromatic rings. The normalized spacial score (nSPS) is 13.0. The predicted octanol–water partition coefficient (Wildman–Crippen LogP) is 4.29. The molecule has 0 saturated heterocycles. The highest BCUT2D eigenvalue weighted by molar-refractivity contribution is 7.16. The highest BCUT2D eigenvalue weighted by atomic mass is 32.1. The number of thiophene rings is 1. The van der Waals surface area contributed by atoms with Crippen molar-refractivity contribution in [1.29, 1.82) is 0 Å². The molecule has 0 saturated carbocycles. The predicted molar refractivity (Wildman–Crippen MR) is 139 cm³/mol. The number of carbonyl (C=O) groups excluding carboxylic acids is 2. The topological polar surface area (TPSA) is 83.9 Å². The Bertz CT molecular complexity index is 1210. The minimum atomic E-state index is -0.0497. The number of rotatable bonds is 9. The van der Waals surface area contributed by atoms with E-state index in [0.717, 1.165) is 38.7 Å². The maximum atomic E-state index is 12.9. The third-order valence-electron chi connectivity index (χ3n) is 5.96. The van der Waals surface area contributed by atoms with Gasteiger partial charge >= 0.3 is 0 Å². The first kappa shape index (κ1) is 24.6. The smallest absolute Gasteiger partial charge is 0.227 e. The van der Waals surface area contributed by atoms with Gasteiger partial charge in [0.2, 0.25) is 11.8 Å². The van der Waals surface area contributed by atoms with Gasteiger partial charge in [-0.25, -0.2) is 0 Å². The van der Waals surface area contributed by atoms with E-state index in [1.807, 2.05) is 54.4 Å². The molecule has 2 amide bonds. The van der Waals surface area contributed by atoms with Gasteiger partial charge in [0.15, 0.2) is 0 Å². The van der Waals surface area contributed by atoms with Gasteiger partial charge in [-0.05, 0) is 54.7 Å². The Morgan fingerprint density at radius 3 is 2.80 bits per heavy atom. The molecule has 0 fully saturated rings. The summed E-state index contributed by atoms with van der Waals surface area (Å²) in [6, 6.07) is 11.6. The number of amides is 2. The maximum absolute atomic E-state index is 12.9. The zero-order chi connectivity index (χ0) is 24.6. The van der Waals surface area contributed by atoms with Gasteiger partial charge in [0, 0.05) is 49.1 Å². The summed E-state index contributed by atoms with van der Waals surface area (Å²) in [5.41, 5.74) is 4.11. The van der Waals surface area contributed by atoms with E-state index < -0.39 is 0 Å². The summed E-state index contributed by atoms with van der Waals surface area (Å²) in [5.74, 6) is 0.871. The number of nitrogens with zero attached hydrogens (tertiary/aromatic N) is 3. The number of para-hydroxylation sites is 1. The monoisotopic (exact) mass is 490 g/mol. The number of nitrogens with one attached hydrogen (secondary N) is 1. The molecule has 4 rings (SSSR count). The van der Waals surface area contributed by atoms with Crippen molar-refractivity contribution in [2.45, 2.75) is 39.2 Å². The molecule has 7 nitrogen and oxygen atoms in total. The molecule has 0 atom stereocenters. The Labute approximate surface area is 209 Å². The lowest BCUT2D eigenvalue weighted by Gasteiger charge is -2.27. The summed E-state index contributed by atoms with van der Waals surface area (Å²) in [7, 11) is 1.73. The summed E-state index contributed by atoms with van der Waals surface area (Å²) in [6.07, 6.45) is 7.28. The van der Waals surface area contributed by atoms with Crippen LogP contribution in [0.25, 0.3) is 0 Å². The lowest BCUT2D eigenvalue weighted by Crippen LogP contribution is -2.36. The first-order valence-electron chi connectivity index (χ1n) is 11.8. The van der Waals surface area contributed by atoms with Gasteiger partial charge in [-0.15, -0.1) is 11.3 Å². The van der Waals surface area contributed by atoms with E-state index in [1.54, 1.807) is 19.4 Å². The van der Waals surface area contributed by atoms with Crippen LogP contribution >= 0.6 is 11.3 Å². The molecule has 1 aliphatic rings. The lowest BCUT2D eigenvalue weighted by atomic mass is 10.0. The molecule has 0 unspecified atom stereocenters. The van der Waals surface area contributed by atoms with Crippen LogP contribution in [0.3, 0.4) is 0 Å². The summed E-state index contributed by atoms with van der Waals surface area (Å²) in [4.78, 5) is 36.9. The highest BCUT2D eigenvalue weighted by Crippen LogP contribution is 2.36. The minimum absolute atomic E-state index is 0.0497. The quantitative estimate of drug-likeness (QED) is 0.454. The molecule has 1 aliphatic heterocycles. The average molecular weight is 491 g/mol. The number of pyridine rings is 1. The van der Waals surface area contributed by atoms with Gasteiger partial charge in [-0.3, -0.25) is 19.6 Å². The Hall–Kier alpha value is -3.52. The second kappa shape index (κ2) is 11.8. The van der Waals surface area contributed by atoms with Crippen LogP contribution in [0.5, 0.6) is 5.75 Å². The van der Waals surface area contributed by atoms with Crippen molar-refractivity contribution in [3.63, 3.8) is 0 Å². The standard InChI is InChI=1S/C27H30N4O3S/c1-3-34-23-7-5-4-6-20(23)8-9-25(32)30-27-22(17-28-2)21-12-15-31(18-24(21)35-27)26(33)16-19-10-13-29-14-11-19/h4-7,10-11,13-14,17H,3,8-9,12,15-16,18H2,1-2H3,(H,30,32). The number of hydrogen-bond acceptors (Lipinski definition) is 6. The Balaban J connectivity index is 1.43. The van der Waals surface area contributed by atoms with Crippen LogP contribution < -0.4 is 10.1 Å². The van der Waals surface area contributed by atoms with E-state index in [4.69, 9.17) is 4.74 Å². The molecule has 0 radical (unpaired) electrons. The van der Waals surface area contributed by atoms with E-state index in [2.05, 4.69) is 15.3 Å². The summed E-state index contributed by atoms with van der Waals surface area (Å²) in [6.45, 7) is 3.74. The van der Waals surface area contributed by atoms with Crippen LogP contribution in [0.2, 0.25) is 0 Å². The van der Waals surface area contributed by atoms with Crippen molar-refractivity contribution in [2.24, 2.45) is 4.99 Å². The van der Waals surface area contributed by atoms with Crippen LogP contribution in [0.4, 0.5) is 5.00 Å². The molecule has 0 spiro atoms. The van der Waals surface area contributed by atoms with Crippen LogP contribution in [0.1, 0.15) is 40.5 Å². The van der Waals surface area contributed by atoms with E-state index >= 15 is 0 Å². The highest BCUT2D eigenvalue weighted by Gasteiger charge is 2.27. The SMILES string of the molecule is CCOc1ccccc1CCC(=O)Nc1sc2c(c1C=NC)CCN(C(=O)Cc1ccncc1)C2. The third kappa shape index (κ3) is 6.14. The second-order valence-corrected chi connectivity index (χ2v) is 9.43. The van der Waals surface area contributed by atoms with E-state index in [9.17, 15) is 9.59 Å². The van der Waals surface area contributed by atoms with E-state index in [0.29, 0.717) is 39.0 Å². The number of ether oxygens (including phenoxy) is 1. The number of aryl methyl sites for hydroxylation is 1. The Morgan fingerprint density at radius 1 is 1.23 bits per heavy atom. The molecule has 8 heteroatoms. The Morgan fingerprint density at radius 2 is 2.03 bits per heavy atom. The molecular formula is C27H30N4O3S. The van der Waals surface area contributed by atoms with Gasteiger partial charge in [-0.1, -0.05) is 18.2 Å². The van der Waals surface area contributed by atoms with Crippen LogP contribution in [-0.4, -0.2) is 48.1 Å². The Kier molecular flexibility index (Phi) is 8.26. The molecule has 0 bridgehead atoms. The van der Waals surface area contributed by atoms with Crippen LogP contribution in [0.15, 0.2) is 53.8 Å². The molecule has 2 aromatic heterocycles. The first-order chi connectivity index (χ1) is 17.1. The summed E-state index contributed by atoms with van der Waals surface area (Å²) < 4.78 is 5.68. The minimum Gasteiger partial charge on any atom is -0.494 e. The number of anilines is 1. The van der Waals surface area contributed by atoms with Gasteiger partial charge < -0.3 is 15.0 Å². The van der Waals surface area contributed by atoms with Gasteiger partial charge in [0.1, 0.15) is 10.8 Å². The first-order valence-corrected chi connectivity index (χ1v) is 12.6. The molecule has 1 N–H and O–H groups in total.